The highest BCUT2D eigenvalue weighted by Crippen LogP contribution is 2.45. The van der Waals surface area contributed by atoms with E-state index in [2.05, 4.69) is 60.4 Å². The molecule has 2 aromatic rings. The lowest BCUT2D eigenvalue weighted by molar-refractivity contribution is 0.176. The number of benzene rings is 2. The monoisotopic (exact) mass is 289 g/mol. The molecule has 0 aromatic heterocycles. The molecule has 0 saturated carbocycles. The van der Waals surface area contributed by atoms with Gasteiger partial charge in [0, 0.05) is 6.54 Å². The summed E-state index contributed by atoms with van der Waals surface area (Å²) < 4.78 is 0. The van der Waals surface area contributed by atoms with Crippen LogP contribution in [-0.2, 0) is 0 Å². The van der Waals surface area contributed by atoms with Gasteiger partial charge in [-0.25, -0.2) is 0 Å². The third kappa shape index (κ3) is 2.35. The highest BCUT2D eigenvalue weighted by Gasteiger charge is 2.31. The minimum absolute atomic E-state index is 0. The van der Waals surface area contributed by atoms with Crippen LogP contribution < -0.4 is 0 Å². The van der Waals surface area contributed by atoms with Crippen molar-refractivity contribution in [1.82, 2.24) is 4.90 Å². The second kappa shape index (κ2) is 6.40. The molecule has 0 bridgehead atoms. The van der Waals surface area contributed by atoms with Crippen molar-refractivity contribution in [3.05, 3.63) is 59.7 Å². The molecule has 20 heavy (non-hydrogen) atoms. The zero-order chi connectivity index (χ0) is 13.2. The van der Waals surface area contributed by atoms with Crippen molar-refractivity contribution in [2.45, 2.75) is 13.0 Å². The van der Waals surface area contributed by atoms with Gasteiger partial charge in [-0.2, -0.15) is 0 Å². The van der Waals surface area contributed by atoms with Gasteiger partial charge in [0.2, 0.25) is 0 Å². The number of rotatable bonds is 4. The van der Waals surface area contributed by atoms with Gasteiger partial charge in [0.05, 0.1) is 12.6 Å². The molecule has 0 unspecified atom stereocenters. The van der Waals surface area contributed by atoms with Crippen molar-refractivity contribution in [3.8, 4) is 11.1 Å². The van der Waals surface area contributed by atoms with E-state index in [9.17, 15) is 5.11 Å². The number of hydrogen-bond donors (Lipinski definition) is 1. The van der Waals surface area contributed by atoms with Crippen molar-refractivity contribution in [2.75, 3.05) is 19.7 Å². The summed E-state index contributed by atoms with van der Waals surface area (Å²) in [6.45, 7) is 4.01. The Labute approximate surface area is 126 Å². The fraction of sp³-hybridized carbons (Fsp3) is 0.294. The molecule has 0 heterocycles. The highest BCUT2D eigenvalue weighted by molar-refractivity contribution is 5.85. The Hall–Kier alpha value is -1.35. The van der Waals surface area contributed by atoms with E-state index in [0.717, 1.165) is 6.54 Å². The lowest BCUT2D eigenvalue weighted by atomic mass is 10.0. The number of aliphatic hydroxyl groups is 1. The maximum Gasteiger partial charge on any atom is 0.0614 e. The Morgan fingerprint density at radius 1 is 0.950 bits per heavy atom. The first-order valence-corrected chi connectivity index (χ1v) is 6.90. The molecule has 1 N–H and O–H groups in total. The zero-order valence-electron chi connectivity index (χ0n) is 11.6. The third-order valence-corrected chi connectivity index (χ3v) is 3.96. The molecule has 2 nitrogen and oxygen atoms in total. The van der Waals surface area contributed by atoms with Crippen molar-refractivity contribution in [2.24, 2.45) is 0 Å². The van der Waals surface area contributed by atoms with Crippen LogP contribution in [0.3, 0.4) is 0 Å². The Morgan fingerprint density at radius 2 is 1.45 bits per heavy atom. The number of halogens is 1. The Bertz CT molecular complexity index is 539. The van der Waals surface area contributed by atoms with Crippen LogP contribution in [0.2, 0.25) is 0 Å². The molecule has 0 spiro atoms. The van der Waals surface area contributed by atoms with Crippen molar-refractivity contribution in [3.63, 3.8) is 0 Å². The molecule has 1 aliphatic carbocycles. The average Bonchev–Trinajstić information content (AvgIpc) is 2.80. The lowest BCUT2D eigenvalue weighted by Crippen LogP contribution is -2.31. The van der Waals surface area contributed by atoms with E-state index in [0.29, 0.717) is 6.54 Å². The van der Waals surface area contributed by atoms with E-state index < -0.39 is 0 Å². The van der Waals surface area contributed by atoms with Gasteiger partial charge in [-0.15, -0.1) is 12.4 Å². The second-order valence-corrected chi connectivity index (χ2v) is 4.93. The smallest absolute Gasteiger partial charge is 0.0614 e. The third-order valence-electron chi connectivity index (χ3n) is 3.96. The molecule has 0 aliphatic heterocycles. The van der Waals surface area contributed by atoms with E-state index in [1.54, 1.807) is 0 Å². The lowest BCUT2D eigenvalue weighted by Gasteiger charge is -2.28. The van der Waals surface area contributed by atoms with Gasteiger partial charge in [-0.05, 0) is 28.8 Å². The predicted molar refractivity (Wildman–Crippen MR) is 85.3 cm³/mol. The molecule has 0 amide bonds. The summed E-state index contributed by atoms with van der Waals surface area (Å²) in [6.07, 6.45) is 0. The molecule has 106 valence electrons. The fourth-order valence-electron chi connectivity index (χ4n) is 3.12. The van der Waals surface area contributed by atoms with Crippen LogP contribution in [0.5, 0.6) is 0 Å². The highest BCUT2D eigenvalue weighted by atomic mass is 35.5. The van der Waals surface area contributed by atoms with Gasteiger partial charge in [0.25, 0.3) is 0 Å². The topological polar surface area (TPSA) is 23.5 Å². The Kier molecular flexibility index (Phi) is 4.81. The van der Waals surface area contributed by atoms with Crippen LogP contribution >= 0.6 is 12.4 Å². The largest absolute Gasteiger partial charge is 0.395 e. The minimum Gasteiger partial charge on any atom is -0.395 e. The molecule has 0 radical (unpaired) electrons. The first-order chi connectivity index (χ1) is 9.36. The molecule has 3 rings (SSSR count). The molecule has 0 atom stereocenters. The van der Waals surface area contributed by atoms with Gasteiger partial charge < -0.3 is 5.11 Å². The van der Waals surface area contributed by atoms with Gasteiger partial charge in [-0.3, -0.25) is 4.90 Å². The number of aliphatic hydroxyl groups excluding tert-OH is 1. The molecule has 0 saturated heterocycles. The molecular formula is C17H20ClNO. The van der Waals surface area contributed by atoms with E-state index in [1.165, 1.54) is 22.3 Å². The molecular weight excluding hydrogens is 270 g/mol. The predicted octanol–water partition coefficient (Wildman–Crippen LogP) is 3.49. The Morgan fingerprint density at radius 3 is 1.90 bits per heavy atom. The summed E-state index contributed by atoms with van der Waals surface area (Å²) in [4.78, 5) is 2.34. The van der Waals surface area contributed by atoms with Gasteiger partial charge in [0.15, 0.2) is 0 Å². The van der Waals surface area contributed by atoms with Crippen LogP contribution in [0.15, 0.2) is 48.5 Å². The molecule has 2 aromatic carbocycles. The summed E-state index contributed by atoms with van der Waals surface area (Å²) in [6, 6.07) is 17.5. The number of nitrogens with zero attached hydrogens (tertiary/aromatic N) is 1. The van der Waals surface area contributed by atoms with E-state index in [1.807, 2.05) is 0 Å². The summed E-state index contributed by atoms with van der Waals surface area (Å²) in [5.41, 5.74) is 5.39. The van der Waals surface area contributed by atoms with Crippen molar-refractivity contribution in [1.29, 1.82) is 0 Å². The molecule has 3 heteroatoms. The minimum atomic E-state index is 0. The first kappa shape index (κ1) is 15.0. The van der Waals surface area contributed by atoms with Gasteiger partial charge >= 0.3 is 0 Å². The first-order valence-electron chi connectivity index (χ1n) is 6.90. The number of fused-ring (bicyclic) bond motifs is 3. The summed E-state index contributed by atoms with van der Waals surface area (Å²) >= 11 is 0. The van der Waals surface area contributed by atoms with Gasteiger partial charge in [0.1, 0.15) is 0 Å². The second-order valence-electron chi connectivity index (χ2n) is 4.93. The number of likely N-dealkylation sites (N-methyl/N-ethyl adjacent to an activating group) is 1. The van der Waals surface area contributed by atoms with Crippen LogP contribution in [-0.4, -0.2) is 29.7 Å². The van der Waals surface area contributed by atoms with Crippen molar-refractivity contribution < 1.29 is 5.11 Å². The Balaban J connectivity index is 0.00000147. The van der Waals surface area contributed by atoms with Crippen LogP contribution in [0.4, 0.5) is 0 Å². The van der Waals surface area contributed by atoms with E-state index in [-0.39, 0.29) is 25.1 Å². The average molecular weight is 290 g/mol. The van der Waals surface area contributed by atoms with Gasteiger partial charge in [-0.1, -0.05) is 55.5 Å². The molecule has 1 aliphatic rings. The van der Waals surface area contributed by atoms with E-state index in [4.69, 9.17) is 0 Å². The molecule has 0 fully saturated rings. The van der Waals surface area contributed by atoms with E-state index >= 15 is 0 Å². The maximum absolute atomic E-state index is 9.28. The summed E-state index contributed by atoms with van der Waals surface area (Å²) in [7, 11) is 0. The quantitative estimate of drug-likeness (QED) is 0.931. The van der Waals surface area contributed by atoms with Crippen LogP contribution in [0.1, 0.15) is 24.1 Å². The maximum atomic E-state index is 9.28. The standard InChI is InChI=1S/C17H19NO.ClH/c1-2-18(11-12-19)17-15-9-5-3-7-13(15)14-8-4-6-10-16(14)17;/h3-10,17,19H,2,11-12H2,1H3;1H. The number of hydrogen-bond acceptors (Lipinski definition) is 2. The van der Waals surface area contributed by atoms with Crippen molar-refractivity contribution >= 4 is 12.4 Å². The van der Waals surface area contributed by atoms with Crippen LogP contribution in [0.25, 0.3) is 11.1 Å². The van der Waals surface area contributed by atoms with Crippen LogP contribution in [0, 0.1) is 0 Å². The summed E-state index contributed by atoms with van der Waals surface area (Å²) in [5.74, 6) is 0. The zero-order valence-corrected chi connectivity index (χ0v) is 12.4. The normalized spacial score (nSPS) is 12.9. The SMILES string of the molecule is CCN(CCO)C1c2ccccc2-c2ccccc21.Cl. The summed E-state index contributed by atoms with van der Waals surface area (Å²) in [5, 5.41) is 9.28. The fourth-order valence-corrected chi connectivity index (χ4v) is 3.12.